The van der Waals surface area contributed by atoms with Crippen LogP contribution in [0.1, 0.15) is 26.7 Å². The first-order valence-electron chi connectivity index (χ1n) is 6.16. The number of nitrogen functional groups attached to an aromatic ring is 1. The van der Waals surface area contributed by atoms with Crippen molar-refractivity contribution in [3.8, 4) is 0 Å². The summed E-state index contributed by atoms with van der Waals surface area (Å²) in [5.74, 6) is 0.281. The summed E-state index contributed by atoms with van der Waals surface area (Å²) in [6.45, 7) is 4.57. The standard InChI is InChI=1S/C13H20Cl2N2O/c1-3-8(4-2)12(18)7-17-13-10(14)5-9(16)6-11(13)15/h5-6,8,12,17-18H,3-4,7,16H2,1-2H3. The number of hydrogen-bond acceptors (Lipinski definition) is 3. The molecule has 18 heavy (non-hydrogen) atoms. The van der Waals surface area contributed by atoms with Crippen LogP contribution in [-0.4, -0.2) is 17.8 Å². The highest BCUT2D eigenvalue weighted by Gasteiger charge is 2.16. The van der Waals surface area contributed by atoms with Crippen LogP contribution in [0.25, 0.3) is 0 Å². The Bertz CT molecular complexity index is 372. The lowest BCUT2D eigenvalue weighted by Crippen LogP contribution is -2.27. The highest BCUT2D eigenvalue weighted by molar-refractivity contribution is 6.39. The van der Waals surface area contributed by atoms with Crippen LogP contribution in [0.4, 0.5) is 11.4 Å². The summed E-state index contributed by atoms with van der Waals surface area (Å²) in [5.41, 5.74) is 6.78. The maximum Gasteiger partial charge on any atom is 0.0740 e. The van der Waals surface area contributed by atoms with E-state index >= 15 is 0 Å². The predicted molar refractivity (Wildman–Crippen MR) is 79.4 cm³/mol. The molecule has 0 saturated carbocycles. The van der Waals surface area contributed by atoms with Crippen LogP contribution in [0.3, 0.4) is 0 Å². The molecular weight excluding hydrogens is 271 g/mol. The second-order valence-electron chi connectivity index (χ2n) is 4.38. The first-order valence-corrected chi connectivity index (χ1v) is 6.91. The van der Waals surface area contributed by atoms with Gasteiger partial charge >= 0.3 is 0 Å². The Morgan fingerprint density at radius 3 is 2.17 bits per heavy atom. The zero-order chi connectivity index (χ0) is 13.7. The molecule has 0 aliphatic rings. The molecule has 0 aromatic heterocycles. The SMILES string of the molecule is CCC(CC)C(O)CNc1c(Cl)cc(N)cc1Cl. The van der Waals surface area contributed by atoms with Crippen LogP contribution in [0.2, 0.25) is 10.0 Å². The van der Waals surface area contributed by atoms with E-state index in [-0.39, 0.29) is 5.92 Å². The molecule has 5 heteroatoms. The monoisotopic (exact) mass is 290 g/mol. The molecule has 0 amide bonds. The molecule has 3 nitrogen and oxygen atoms in total. The van der Waals surface area contributed by atoms with Gasteiger partial charge in [0.25, 0.3) is 0 Å². The summed E-state index contributed by atoms with van der Waals surface area (Å²) in [4.78, 5) is 0. The van der Waals surface area contributed by atoms with Crippen molar-refractivity contribution in [2.24, 2.45) is 5.92 Å². The molecule has 1 aromatic rings. The minimum Gasteiger partial charge on any atom is -0.399 e. The van der Waals surface area contributed by atoms with Gasteiger partial charge in [0.05, 0.1) is 21.8 Å². The number of rotatable bonds is 6. The van der Waals surface area contributed by atoms with E-state index in [4.69, 9.17) is 28.9 Å². The Labute approximate surface area is 118 Å². The summed E-state index contributed by atoms with van der Waals surface area (Å²) in [7, 11) is 0. The molecule has 0 fully saturated rings. The first kappa shape index (κ1) is 15.4. The summed E-state index contributed by atoms with van der Waals surface area (Å²) in [6, 6.07) is 3.28. The van der Waals surface area contributed by atoms with Crippen molar-refractivity contribution in [1.82, 2.24) is 0 Å². The number of halogens is 2. The van der Waals surface area contributed by atoms with Gasteiger partial charge in [0.15, 0.2) is 0 Å². The van der Waals surface area contributed by atoms with Gasteiger partial charge in [-0.05, 0) is 18.1 Å². The van der Waals surface area contributed by atoms with Crippen molar-refractivity contribution in [1.29, 1.82) is 0 Å². The van der Waals surface area contributed by atoms with Gasteiger partial charge < -0.3 is 16.2 Å². The Morgan fingerprint density at radius 2 is 1.72 bits per heavy atom. The van der Waals surface area contributed by atoms with Gasteiger partial charge in [0.2, 0.25) is 0 Å². The molecular formula is C13H20Cl2N2O. The molecule has 1 atom stereocenters. The number of aliphatic hydroxyl groups is 1. The van der Waals surface area contributed by atoms with Crippen molar-refractivity contribution in [2.45, 2.75) is 32.8 Å². The quantitative estimate of drug-likeness (QED) is 0.699. The van der Waals surface area contributed by atoms with Crippen LogP contribution in [-0.2, 0) is 0 Å². The molecule has 0 aliphatic heterocycles. The smallest absolute Gasteiger partial charge is 0.0740 e. The van der Waals surface area contributed by atoms with Gasteiger partial charge in [-0.1, -0.05) is 49.9 Å². The molecule has 1 unspecified atom stereocenters. The Hall–Kier alpha value is -0.640. The lowest BCUT2D eigenvalue weighted by molar-refractivity contribution is 0.114. The van der Waals surface area contributed by atoms with Crippen molar-refractivity contribution < 1.29 is 5.11 Å². The molecule has 0 aliphatic carbocycles. The van der Waals surface area contributed by atoms with E-state index in [9.17, 15) is 5.11 Å². The number of nitrogens with one attached hydrogen (secondary N) is 1. The van der Waals surface area contributed by atoms with Crippen molar-refractivity contribution in [2.75, 3.05) is 17.6 Å². The zero-order valence-corrected chi connectivity index (χ0v) is 12.2. The average molecular weight is 291 g/mol. The van der Waals surface area contributed by atoms with Gasteiger partial charge in [-0.25, -0.2) is 0 Å². The largest absolute Gasteiger partial charge is 0.399 e. The summed E-state index contributed by atoms with van der Waals surface area (Å²) >= 11 is 12.1. The van der Waals surface area contributed by atoms with E-state index < -0.39 is 6.10 Å². The fraction of sp³-hybridized carbons (Fsp3) is 0.538. The predicted octanol–water partition coefficient (Wildman–Crippen LogP) is 3.78. The van der Waals surface area contributed by atoms with E-state index in [0.717, 1.165) is 12.8 Å². The van der Waals surface area contributed by atoms with Gasteiger partial charge in [-0.3, -0.25) is 0 Å². The minimum atomic E-state index is -0.412. The van der Waals surface area contributed by atoms with Crippen LogP contribution >= 0.6 is 23.2 Å². The van der Waals surface area contributed by atoms with E-state index in [0.29, 0.717) is 28.0 Å². The molecule has 0 radical (unpaired) electrons. The lowest BCUT2D eigenvalue weighted by atomic mass is 9.96. The van der Waals surface area contributed by atoms with Crippen molar-refractivity contribution >= 4 is 34.6 Å². The zero-order valence-electron chi connectivity index (χ0n) is 10.7. The topological polar surface area (TPSA) is 58.3 Å². The highest BCUT2D eigenvalue weighted by atomic mass is 35.5. The minimum absolute atomic E-state index is 0.281. The van der Waals surface area contributed by atoms with Crippen molar-refractivity contribution in [3.63, 3.8) is 0 Å². The van der Waals surface area contributed by atoms with E-state index in [1.807, 2.05) is 0 Å². The number of aliphatic hydroxyl groups excluding tert-OH is 1. The molecule has 0 heterocycles. The third-order valence-corrected chi connectivity index (χ3v) is 3.74. The van der Waals surface area contributed by atoms with Crippen LogP contribution in [0, 0.1) is 5.92 Å². The maximum absolute atomic E-state index is 10.0. The third-order valence-electron chi connectivity index (χ3n) is 3.15. The lowest BCUT2D eigenvalue weighted by Gasteiger charge is -2.21. The number of benzene rings is 1. The summed E-state index contributed by atoms with van der Waals surface area (Å²) < 4.78 is 0. The van der Waals surface area contributed by atoms with E-state index in [1.165, 1.54) is 0 Å². The maximum atomic E-state index is 10.0. The van der Waals surface area contributed by atoms with Gasteiger partial charge in [0.1, 0.15) is 0 Å². The van der Waals surface area contributed by atoms with Crippen LogP contribution in [0.15, 0.2) is 12.1 Å². The first-order chi connectivity index (χ1) is 8.49. The molecule has 0 bridgehead atoms. The van der Waals surface area contributed by atoms with Crippen molar-refractivity contribution in [3.05, 3.63) is 22.2 Å². The third kappa shape index (κ3) is 3.94. The average Bonchev–Trinajstić information content (AvgIpc) is 2.29. The Balaban J connectivity index is 2.69. The number of anilines is 2. The fourth-order valence-corrected chi connectivity index (χ4v) is 2.61. The van der Waals surface area contributed by atoms with Gasteiger partial charge in [-0.2, -0.15) is 0 Å². The van der Waals surface area contributed by atoms with Crippen LogP contribution in [0.5, 0.6) is 0 Å². The van der Waals surface area contributed by atoms with E-state index in [2.05, 4.69) is 19.2 Å². The van der Waals surface area contributed by atoms with Crippen LogP contribution < -0.4 is 11.1 Å². The molecule has 4 N–H and O–H groups in total. The van der Waals surface area contributed by atoms with Gasteiger partial charge in [0, 0.05) is 12.2 Å². The second kappa shape index (κ2) is 7.07. The van der Waals surface area contributed by atoms with E-state index in [1.54, 1.807) is 12.1 Å². The fourth-order valence-electron chi connectivity index (χ4n) is 1.97. The van der Waals surface area contributed by atoms with Gasteiger partial charge in [-0.15, -0.1) is 0 Å². The second-order valence-corrected chi connectivity index (χ2v) is 5.20. The summed E-state index contributed by atoms with van der Waals surface area (Å²) in [5, 5.41) is 14.1. The molecule has 0 spiro atoms. The highest BCUT2D eigenvalue weighted by Crippen LogP contribution is 2.32. The Kier molecular flexibility index (Phi) is 6.06. The normalized spacial score (nSPS) is 12.8. The Morgan fingerprint density at radius 1 is 1.22 bits per heavy atom. The summed E-state index contributed by atoms with van der Waals surface area (Å²) in [6.07, 6.45) is 1.48. The number of hydrogen-bond donors (Lipinski definition) is 3. The molecule has 1 rings (SSSR count). The molecule has 0 saturated heterocycles. The molecule has 102 valence electrons. The molecule has 1 aromatic carbocycles. The number of nitrogens with two attached hydrogens (primary N) is 1.